The van der Waals surface area contributed by atoms with Crippen LogP contribution in [-0.4, -0.2) is 24.3 Å². The second-order valence-electron chi connectivity index (χ2n) is 6.11. The van der Waals surface area contributed by atoms with Crippen molar-refractivity contribution in [2.24, 2.45) is 0 Å². The Morgan fingerprint density at radius 1 is 1.28 bits per heavy atom. The van der Waals surface area contributed by atoms with Gasteiger partial charge in [-0.05, 0) is 36.6 Å². The first kappa shape index (κ1) is 21.3. The van der Waals surface area contributed by atoms with E-state index in [4.69, 9.17) is 4.42 Å². The molecule has 0 aliphatic carbocycles. The van der Waals surface area contributed by atoms with Gasteiger partial charge in [-0.25, -0.2) is 13.4 Å². The molecule has 3 rings (SSSR count). The highest BCUT2D eigenvalue weighted by Gasteiger charge is 2.33. The lowest BCUT2D eigenvalue weighted by molar-refractivity contribution is -0.137. The summed E-state index contributed by atoms with van der Waals surface area (Å²) < 4.78 is 71.6. The minimum Gasteiger partial charge on any atom is -0.440 e. The van der Waals surface area contributed by atoms with Crippen LogP contribution >= 0.6 is 11.3 Å². The van der Waals surface area contributed by atoms with Crippen molar-refractivity contribution >= 4 is 21.4 Å². The number of aromatic nitrogens is 1. The number of thiophene rings is 1. The molecule has 0 fully saturated rings. The van der Waals surface area contributed by atoms with Gasteiger partial charge in [0.1, 0.15) is 5.76 Å². The molecule has 0 bridgehead atoms. The van der Waals surface area contributed by atoms with E-state index in [9.17, 15) is 21.6 Å². The van der Waals surface area contributed by atoms with Crippen LogP contribution in [0.4, 0.5) is 13.2 Å². The molecule has 154 valence electrons. The van der Waals surface area contributed by atoms with E-state index in [2.05, 4.69) is 11.6 Å². The molecule has 29 heavy (non-hydrogen) atoms. The van der Waals surface area contributed by atoms with Crippen LogP contribution in [0.5, 0.6) is 0 Å². The molecule has 0 N–H and O–H groups in total. The molecule has 1 aromatic carbocycles. The van der Waals surface area contributed by atoms with Crippen LogP contribution in [0.3, 0.4) is 0 Å². The van der Waals surface area contributed by atoms with Gasteiger partial charge in [0.15, 0.2) is 0 Å². The summed E-state index contributed by atoms with van der Waals surface area (Å²) in [5.41, 5.74) is -0.652. The van der Waals surface area contributed by atoms with Gasteiger partial charge >= 0.3 is 6.18 Å². The fourth-order valence-electron chi connectivity index (χ4n) is 2.62. The van der Waals surface area contributed by atoms with Crippen LogP contribution in [0.15, 0.2) is 63.7 Å². The summed E-state index contributed by atoms with van der Waals surface area (Å²) in [6, 6.07) is 7.30. The van der Waals surface area contributed by atoms with Crippen molar-refractivity contribution in [3.63, 3.8) is 0 Å². The molecule has 0 radical (unpaired) electrons. The molecule has 3 aromatic rings. The van der Waals surface area contributed by atoms with Gasteiger partial charge in [-0.15, -0.1) is 17.9 Å². The second-order valence-corrected chi connectivity index (χ2v) is 9.00. The molecule has 2 aromatic heterocycles. The largest absolute Gasteiger partial charge is 0.440 e. The van der Waals surface area contributed by atoms with Gasteiger partial charge in [0.25, 0.3) is 0 Å². The van der Waals surface area contributed by atoms with Gasteiger partial charge in [0.2, 0.25) is 15.9 Å². The van der Waals surface area contributed by atoms with Crippen LogP contribution in [-0.2, 0) is 22.7 Å². The molecular formula is C19H17F3N2O3S2. The van der Waals surface area contributed by atoms with E-state index in [0.717, 1.165) is 27.4 Å². The highest BCUT2D eigenvalue weighted by atomic mass is 32.2. The molecule has 0 amide bonds. The minimum absolute atomic E-state index is 0.0980. The summed E-state index contributed by atoms with van der Waals surface area (Å²) in [7, 11) is -4.22. The van der Waals surface area contributed by atoms with Crippen molar-refractivity contribution in [2.45, 2.75) is 24.5 Å². The van der Waals surface area contributed by atoms with Crippen molar-refractivity contribution in [3.05, 3.63) is 71.5 Å². The Balaban J connectivity index is 1.95. The Hall–Kier alpha value is -2.43. The highest BCUT2D eigenvalue weighted by molar-refractivity contribution is 7.89. The molecule has 0 aliphatic rings. The molecule has 0 atom stereocenters. The first-order valence-electron chi connectivity index (χ1n) is 8.41. The van der Waals surface area contributed by atoms with Gasteiger partial charge < -0.3 is 4.42 Å². The van der Waals surface area contributed by atoms with E-state index in [-0.39, 0.29) is 13.1 Å². The lowest BCUT2D eigenvalue weighted by Gasteiger charge is -2.20. The monoisotopic (exact) mass is 442 g/mol. The lowest BCUT2D eigenvalue weighted by Crippen LogP contribution is -2.31. The average molecular weight is 442 g/mol. The molecule has 0 aliphatic heterocycles. The van der Waals surface area contributed by atoms with Crippen molar-refractivity contribution in [2.75, 3.05) is 6.54 Å². The normalized spacial score (nSPS) is 12.4. The molecule has 0 unspecified atom stereocenters. The lowest BCUT2D eigenvalue weighted by atomic mass is 10.2. The maximum absolute atomic E-state index is 13.0. The molecule has 5 nitrogen and oxygen atoms in total. The first-order chi connectivity index (χ1) is 13.6. The smallest absolute Gasteiger partial charge is 0.416 e. The van der Waals surface area contributed by atoms with Crippen molar-refractivity contribution in [3.8, 4) is 10.8 Å². The summed E-state index contributed by atoms with van der Waals surface area (Å²) in [5, 5.41) is 1.86. The fourth-order valence-corrected chi connectivity index (χ4v) is 4.69. The van der Waals surface area contributed by atoms with E-state index in [0.29, 0.717) is 23.4 Å². The molecule has 10 heteroatoms. The van der Waals surface area contributed by atoms with Gasteiger partial charge in [-0.2, -0.15) is 17.5 Å². The van der Waals surface area contributed by atoms with Gasteiger partial charge in [0.05, 0.1) is 27.6 Å². The van der Waals surface area contributed by atoms with Crippen molar-refractivity contribution < 1.29 is 26.0 Å². The Morgan fingerprint density at radius 3 is 2.66 bits per heavy atom. The predicted molar refractivity (Wildman–Crippen MR) is 104 cm³/mol. The van der Waals surface area contributed by atoms with E-state index >= 15 is 0 Å². The maximum Gasteiger partial charge on any atom is 0.416 e. The van der Waals surface area contributed by atoms with Crippen LogP contribution in [0.25, 0.3) is 10.8 Å². The number of alkyl halides is 3. The number of aryl methyl sites for hydroxylation is 1. The summed E-state index contributed by atoms with van der Waals surface area (Å²) >= 11 is 1.42. The fraction of sp³-hybridized carbons (Fsp3) is 0.211. The number of nitrogens with zero attached hydrogens (tertiary/aromatic N) is 2. The Labute approximate surface area is 170 Å². The number of hydrogen-bond acceptors (Lipinski definition) is 5. The number of sulfonamides is 1. The quantitative estimate of drug-likeness (QED) is 0.477. The molecule has 0 spiro atoms. The number of oxazole rings is 1. The van der Waals surface area contributed by atoms with Crippen LogP contribution in [0.2, 0.25) is 0 Å². The Bertz CT molecular complexity index is 1100. The van der Waals surface area contributed by atoms with Gasteiger partial charge in [-0.1, -0.05) is 18.2 Å². The standard InChI is InChI=1S/C19H17F3N2O3S2/c1-3-9-24(12-16-13(2)27-18(23-16)17-8-5-10-28-17)29(25,26)15-7-4-6-14(11-15)19(20,21)22/h3-8,10-11H,1,9,12H2,2H3. The Morgan fingerprint density at radius 2 is 2.03 bits per heavy atom. The van der Waals surface area contributed by atoms with Crippen molar-refractivity contribution in [1.82, 2.24) is 9.29 Å². The molecular weight excluding hydrogens is 425 g/mol. The van der Waals surface area contributed by atoms with E-state index < -0.39 is 26.7 Å². The van der Waals surface area contributed by atoms with Crippen LogP contribution in [0.1, 0.15) is 17.0 Å². The van der Waals surface area contributed by atoms with Crippen LogP contribution in [0, 0.1) is 6.92 Å². The van der Waals surface area contributed by atoms with Crippen LogP contribution < -0.4 is 0 Å². The number of rotatable bonds is 7. The van der Waals surface area contributed by atoms with Gasteiger partial charge in [-0.3, -0.25) is 0 Å². The topological polar surface area (TPSA) is 63.4 Å². The number of hydrogen-bond donors (Lipinski definition) is 0. The third kappa shape index (κ3) is 4.60. The summed E-state index contributed by atoms with van der Waals surface area (Å²) in [6.45, 7) is 4.94. The SMILES string of the molecule is C=CCN(Cc1nc(-c2cccs2)oc1C)S(=O)(=O)c1cccc(C(F)(F)F)c1. The molecule has 0 saturated carbocycles. The summed E-state index contributed by atoms with van der Waals surface area (Å²) in [6.07, 6.45) is -3.28. The third-order valence-electron chi connectivity index (χ3n) is 4.08. The minimum atomic E-state index is -4.65. The third-order valence-corrected chi connectivity index (χ3v) is 6.75. The predicted octanol–water partition coefficient (Wildman–Crippen LogP) is 5.11. The average Bonchev–Trinajstić information content (AvgIpc) is 3.31. The maximum atomic E-state index is 13.0. The van der Waals surface area contributed by atoms with E-state index in [1.165, 1.54) is 17.4 Å². The number of benzene rings is 1. The molecule has 2 heterocycles. The van der Waals surface area contributed by atoms with Gasteiger partial charge in [0, 0.05) is 6.54 Å². The van der Waals surface area contributed by atoms with E-state index in [1.807, 2.05) is 17.5 Å². The summed E-state index contributed by atoms with van der Waals surface area (Å²) in [4.78, 5) is 4.70. The second kappa shape index (κ2) is 8.13. The Kier molecular flexibility index (Phi) is 5.97. The molecule has 0 saturated heterocycles. The zero-order valence-corrected chi connectivity index (χ0v) is 16.9. The summed E-state index contributed by atoms with van der Waals surface area (Å²) in [5.74, 6) is 0.796. The van der Waals surface area contributed by atoms with Crippen molar-refractivity contribution in [1.29, 1.82) is 0 Å². The zero-order chi connectivity index (χ0) is 21.2. The number of halogens is 3. The highest BCUT2D eigenvalue weighted by Crippen LogP contribution is 2.32. The first-order valence-corrected chi connectivity index (χ1v) is 10.7. The zero-order valence-electron chi connectivity index (χ0n) is 15.3. The van der Waals surface area contributed by atoms with E-state index in [1.54, 1.807) is 6.92 Å².